The number of carbonyl (C=O) groups is 1. The number of aromatic nitrogens is 4. The van der Waals surface area contributed by atoms with E-state index < -0.39 is 11.7 Å². The number of fused-ring (bicyclic) bond motifs is 1. The largest absolute Gasteiger partial charge is 0.436 e. The summed E-state index contributed by atoms with van der Waals surface area (Å²) in [5.74, 6) is 0.0602. The molecule has 5 aromatic rings. The van der Waals surface area contributed by atoms with Crippen LogP contribution in [0.1, 0.15) is 22.1 Å². The number of thioether (sulfide) groups is 1. The molecule has 0 saturated heterocycles. The predicted octanol–water partition coefficient (Wildman–Crippen LogP) is 5.78. The molecule has 2 aromatic carbocycles. The van der Waals surface area contributed by atoms with Crippen molar-refractivity contribution in [2.24, 2.45) is 0 Å². The molecule has 0 spiro atoms. The average molecular weight is 474 g/mol. The second-order valence-electron chi connectivity index (χ2n) is 7.67. The van der Waals surface area contributed by atoms with Gasteiger partial charge >= 0.3 is 0 Å². The van der Waals surface area contributed by atoms with Gasteiger partial charge in [-0.15, -0.1) is 11.8 Å². The van der Waals surface area contributed by atoms with E-state index in [4.69, 9.17) is 4.42 Å². The second-order valence-corrected chi connectivity index (χ2v) is 8.52. The monoisotopic (exact) mass is 473 g/mol. The molecule has 3 aromatic heterocycles. The smallest absolute Gasteiger partial charge is 0.293 e. The highest BCUT2D eigenvalue weighted by atomic mass is 32.2. The first-order chi connectivity index (χ1) is 16.4. The van der Waals surface area contributed by atoms with Crippen LogP contribution in [-0.2, 0) is 0 Å². The number of anilines is 1. The van der Waals surface area contributed by atoms with Gasteiger partial charge in [-0.1, -0.05) is 18.2 Å². The normalized spacial score (nSPS) is 11.2. The van der Waals surface area contributed by atoms with Crippen molar-refractivity contribution >= 4 is 29.1 Å². The number of halogens is 1. The zero-order valence-electron chi connectivity index (χ0n) is 18.7. The summed E-state index contributed by atoms with van der Waals surface area (Å²) in [6.07, 6.45) is 7.43. The highest BCUT2D eigenvalue weighted by Gasteiger charge is 2.18. The Bertz CT molecular complexity index is 1540. The fourth-order valence-electron chi connectivity index (χ4n) is 3.77. The van der Waals surface area contributed by atoms with Crippen LogP contribution in [0.4, 0.5) is 10.1 Å². The Labute approximate surface area is 199 Å². The molecule has 0 aliphatic rings. The van der Waals surface area contributed by atoms with Crippen molar-refractivity contribution in [3.63, 3.8) is 0 Å². The van der Waals surface area contributed by atoms with Gasteiger partial charge in [-0.25, -0.2) is 19.3 Å². The zero-order valence-corrected chi connectivity index (χ0v) is 19.5. The summed E-state index contributed by atoms with van der Waals surface area (Å²) >= 11 is 1.66. The van der Waals surface area contributed by atoms with Gasteiger partial charge in [0.05, 0.1) is 11.4 Å². The number of amides is 1. The van der Waals surface area contributed by atoms with Crippen molar-refractivity contribution in [1.82, 2.24) is 19.4 Å². The van der Waals surface area contributed by atoms with E-state index in [9.17, 15) is 9.18 Å². The maximum Gasteiger partial charge on any atom is 0.293 e. The van der Waals surface area contributed by atoms with Crippen LogP contribution in [-0.4, -0.2) is 31.5 Å². The van der Waals surface area contributed by atoms with E-state index in [-0.39, 0.29) is 11.3 Å². The standard InChI is InChI=1S/C25H20FN5O2S/c1-14-23(33-15(2)28-14)24(32)29-17-8-9-20(26)19(10-17)21-13-31-12-16(11-27-25(31)30-21)18-6-4-5-7-22(18)34-3/h4-13H,1-3H3,(H,29,32). The third kappa shape index (κ3) is 4.06. The van der Waals surface area contributed by atoms with Crippen molar-refractivity contribution in [3.05, 3.63) is 84.2 Å². The number of oxazole rings is 1. The van der Waals surface area contributed by atoms with E-state index in [0.717, 1.165) is 16.0 Å². The zero-order chi connectivity index (χ0) is 23.8. The Hall–Kier alpha value is -3.98. The maximum absolute atomic E-state index is 14.7. The van der Waals surface area contributed by atoms with Crippen molar-refractivity contribution in [2.75, 3.05) is 11.6 Å². The number of hydrogen-bond donors (Lipinski definition) is 1. The molecular weight excluding hydrogens is 453 g/mol. The number of nitrogens with one attached hydrogen (secondary N) is 1. The van der Waals surface area contributed by atoms with Gasteiger partial charge in [0.15, 0.2) is 5.89 Å². The van der Waals surface area contributed by atoms with Gasteiger partial charge in [-0.05, 0) is 43.0 Å². The number of rotatable bonds is 5. The topological polar surface area (TPSA) is 85.3 Å². The summed E-state index contributed by atoms with van der Waals surface area (Å²) < 4.78 is 21.9. The molecular formula is C25H20FN5O2S. The SMILES string of the molecule is CSc1ccccc1-c1cnc2nc(-c3cc(NC(=O)c4oc(C)nc4C)ccc3F)cn2c1. The Morgan fingerprint density at radius 3 is 2.68 bits per heavy atom. The van der Waals surface area contributed by atoms with Gasteiger partial charge in [0.2, 0.25) is 11.5 Å². The number of carbonyl (C=O) groups excluding carboxylic acids is 1. The Morgan fingerprint density at radius 1 is 1.09 bits per heavy atom. The second kappa shape index (κ2) is 8.75. The summed E-state index contributed by atoms with van der Waals surface area (Å²) in [6.45, 7) is 3.36. The Morgan fingerprint density at radius 2 is 1.91 bits per heavy atom. The molecule has 0 atom stereocenters. The average Bonchev–Trinajstić information content (AvgIpc) is 3.41. The molecule has 34 heavy (non-hydrogen) atoms. The van der Waals surface area contributed by atoms with Gasteiger partial charge in [0, 0.05) is 47.2 Å². The molecule has 0 radical (unpaired) electrons. The van der Waals surface area contributed by atoms with Crippen LogP contribution >= 0.6 is 11.8 Å². The number of imidazole rings is 1. The highest BCUT2D eigenvalue weighted by Crippen LogP contribution is 2.31. The van der Waals surface area contributed by atoms with Crippen molar-refractivity contribution in [2.45, 2.75) is 18.7 Å². The minimum absolute atomic E-state index is 0.123. The van der Waals surface area contributed by atoms with Gasteiger partial charge in [-0.3, -0.25) is 9.20 Å². The third-order valence-electron chi connectivity index (χ3n) is 5.34. The molecule has 3 heterocycles. The quantitative estimate of drug-likeness (QED) is 0.326. The van der Waals surface area contributed by atoms with E-state index in [0.29, 0.717) is 28.7 Å². The molecule has 0 bridgehead atoms. The van der Waals surface area contributed by atoms with E-state index >= 15 is 0 Å². The summed E-state index contributed by atoms with van der Waals surface area (Å²) in [5, 5.41) is 2.73. The number of benzene rings is 2. The van der Waals surface area contributed by atoms with Crippen LogP contribution in [0, 0.1) is 19.7 Å². The Balaban J connectivity index is 1.48. The Kier molecular flexibility index (Phi) is 5.62. The van der Waals surface area contributed by atoms with Gasteiger partial charge in [0.1, 0.15) is 5.82 Å². The molecule has 1 N–H and O–H groups in total. The van der Waals surface area contributed by atoms with E-state index in [1.807, 2.05) is 30.7 Å². The first-order valence-electron chi connectivity index (χ1n) is 10.5. The molecule has 7 nitrogen and oxygen atoms in total. The minimum atomic E-state index is -0.457. The van der Waals surface area contributed by atoms with Gasteiger partial charge < -0.3 is 9.73 Å². The summed E-state index contributed by atoms with van der Waals surface area (Å²) in [5.41, 5.74) is 3.55. The number of aryl methyl sites for hydroxylation is 2. The van der Waals surface area contributed by atoms with E-state index in [1.165, 1.54) is 18.2 Å². The molecule has 9 heteroatoms. The highest BCUT2D eigenvalue weighted by molar-refractivity contribution is 7.98. The van der Waals surface area contributed by atoms with Crippen LogP contribution in [0.25, 0.3) is 28.2 Å². The molecule has 0 fully saturated rings. The lowest BCUT2D eigenvalue weighted by atomic mass is 10.1. The summed E-state index contributed by atoms with van der Waals surface area (Å²) in [6, 6.07) is 12.4. The summed E-state index contributed by atoms with van der Waals surface area (Å²) in [7, 11) is 0. The first-order valence-corrected chi connectivity index (χ1v) is 11.7. The number of nitrogens with zero attached hydrogens (tertiary/aromatic N) is 4. The maximum atomic E-state index is 14.7. The fraction of sp³-hybridized carbons (Fsp3) is 0.120. The van der Waals surface area contributed by atoms with E-state index in [1.54, 1.807) is 42.4 Å². The van der Waals surface area contributed by atoms with Crippen LogP contribution in [0.5, 0.6) is 0 Å². The fourth-order valence-corrected chi connectivity index (χ4v) is 4.39. The molecule has 5 rings (SSSR count). The lowest BCUT2D eigenvalue weighted by Gasteiger charge is -2.07. The lowest BCUT2D eigenvalue weighted by Crippen LogP contribution is -2.12. The predicted molar refractivity (Wildman–Crippen MR) is 130 cm³/mol. The molecule has 0 unspecified atom stereocenters. The molecule has 170 valence electrons. The third-order valence-corrected chi connectivity index (χ3v) is 6.13. The van der Waals surface area contributed by atoms with Crippen molar-refractivity contribution in [1.29, 1.82) is 0 Å². The van der Waals surface area contributed by atoms with Crippen LogP contribution in [0.2, 0.25) is 0 Å². The first kappa shape index (κ1) is 21.8. The van der Waals surface area contributed by atoms with Crippen LogP contribution in [0.15, 0.2) is 70.4 Å². The molecule has 0 saturated carbocycles. The van der Waals surface area contributed by atoms with Crippen molar-refractivity contribution in [3.8, 4) is 22.4 Å². The molecule has 0 aliphatic heterocycles. The summed E-state index contributed by atoms with van der Waals surface area (Å²) in [4.78, 5) is 26.8. The van der Waals surface area contributed by atoms with Gasteiger partial charge in [-0.2, -0.15) is 0 Å². The van der Waals surface area contributed by atoms with E-state index in [2.05, 4.69) is 26.3 Å². The molecule has 1 amide bonds. The van der Waals surface area contributed by atoms with Crippen molar-refractivity contribution < 1.29 is 13.6 Å². The van der Waals surface area contributed by atoms with Gasteiger partial charge in [0.25, 0.3) is 5.91 Å². The number of hydrogen-bond acceptors (Lipinski definition) is 6. The van der Waals surface area contributed by atoms with Crippen LogP contribution < -0.4 is 5.32 Å². The van der Waals surface area contributed by atoms with Crippen LogP contribution in [0.3, 0.4) is 0 Å². The molecule has 0 aliphatic carbocycles. The lowest BCUT2D eigenvalue weighted by molar-refractivity contribution is 0.0994. The minimum Gasteiger partial charge on any atom is -0.436 e.